The molecule has 46 heavy (non-hydrogen) atoms. The van der Waals surface area contributed by atoms with Crippen LogP contribution in [0.15, 0.2) is 54.6 Å². The Morgan fingerprint density at radius 1 is 0.935 bits per heavy atom. The number of benzene rings is 1. The number of allylic oxidation sites excluding steroid dienone is 1. The van der Waals surface area contributed by atoms with Gasteiger partial charge in [0.25, 0.3) is 0 Å². The maximum Gasteiger partial charge on any atom is 0.338 e. The third-order valence-electron chi connectivity index (χ3n) is 8.73. The molecule has 2 N–H and O–H groups in total. The Morgan fingerprint density at radius 2 is 1.52 bits per heavy atom. The summed E-state index contributed by atoms with van der Waals surface area (Å²) in [5.74, 6) is -7.46. The van der Waals surface area contributed by atoms with Crippen LogP contribution in [0.5, 0.6) is 0 Å². The number of esters is 4. The summed E-state index contributed by atoms with van der Waals surface area (Å²) in [5.41, 5.74) is -3.45. The number of ketones is 1. The van der Waals surface area contributed by atoms with Crippen LogP contribution in [-0.4, -0.2) is 76.0 Å². The topological polar surface area (TPSA) is 163 Å². The number of aliphatic hydroxyl groups excluding tert-OH is 1. The number of hydrogen-bond acceptors (Lipinski definition) is 11. The summed E-state index contributed by atoms with van der Waals surface area (Å²) in [6, 6.07) is 7.91. The van der Waals surface area contributed by atoms with Crippen LogP contribution in [0.3, 0.4) is 0 Å². The third kappa shape index (κ3) is 7.75. The largest absolute Gasteiger partial charge is 0.458 e. The van der Waals surface area contributed by atoms with Crippen LogP contribution < -0.4 is 0 Å². The second kappa shape index (κ2) is 14.3. The molecule has 11 heteroatoms. The molecule has 0 aliphatic heterocycles. The summed E-state index contributed by atoms with van der Waals surface area (Å²) < 4.78 is 23.5. The van der Waals surface area contributed by atoms with E-state index in [2.05, 4.69) is 6.58 Å². The minimum atomic E-state index is -2.20. The Labute approximate surface area is 269 Å². The number of fused-ring (bicyclic) bond motifs is 1. The molecule has 2 aliphatic carbocycles. The van der Waals surface area contributed by atoms with E-state index in [0.717, 1.165) is 13.8 Å². The molecule has 0 aromatic heterocycles. The molecule has 1 saturated carbocycles. The second-order valence-electron chi connectivity index (χ2n) is 13.3. The molecule has 2 aliphatic rings. The minimum Gasteiger partial charge on any atom is -0.458 e. The molecule has 0 spiro atoms. The molecule has 0 heterocycles. The lowest BCUT2D eigenvalue weighted by molar-refractivity contribution is -0.185. The van der Waals surface area contributed by atoms with Crippen LogP contribution in [0.1, 0.15) is 72.2 Å². The van der Waals surface area contributed by atoms with Gasteiger partial charge in [-0.2, -0.15) is 0 Å². The van der Waals surface area contributed by atoms with Crippen molar-refractivity contribution in [3.05, 3.63) is 60.2 Å². The first-order valence-corrected chi connectivity index (χ1v) is 15.5. The fourth-order valence-corrected chi connectivity index (χ4v) is 6.26. The molecule has 1 aromatic rings. The van der Waals surface area contributed by atoms with Crippen LogP contribution in [0.2, 0.25) is 0 Å². The number of ether oxygens (including phenoxy) is 4. The lowest BCUT2D eigenvalue weighted by atomic mass is 9.72. The van der Waals surface area contributed by atoms with Crippen molar-refractivity contribution in [2.75, 3.05) is 0 Å². The van der Waals surface area contributed by atoms with Gasteiger partial charge >= 0.3 is 23.9 Å². The molecule has 0 radical (unpaired) electrons. The Kier molecular flexibility index (Phi) is 11.4. The number of aliphatic hydroxyl groups is 2. The summed E-state index contributed by atoms with van der Waals surface area (Å²) in [6.45, 7) is 16.1. The fraction of sp³-hybridized carbons (Fsp3) is 0.571. The summed E-state index contributed by atoms with van der Waals surface area (Å²) in [4.78, 5) is 66.0. The molecule has 0 bridgehead atoms. The number of carbonyl (C=O) groups is 5. The van der Waals surface area contributed by atoms with E-state index >= 15 is 0 Å². The predicted octanol–water partition coefficient (Wildman–Crippen LogP) is 3.75. The highest BCUT2D eigenvalue weighted by molar-refractivity contribution is 5.92. The molecule has 3 rings (SSSR count). The molecule has 11 nitrogen and oxygen atoms in total. The van der Waals surface area contributed by atoms with E-state index in [1.807, 2.05) is 0 Å². The predicted molar refractivity (Wildman–Crippen MR) is 166 cm³/mol. The molecule has 252 valence electrons. The lowest BCUT2D eigenvalue weighted by Gasteiger charge is -2.43. The van der Waals surface area contributed by atoms with Gasteiger partial charge in [0.05, 0.1) is 23.5 Å². The monoisotopic (exact) mass is 642 g/mol. The van der Waals surface area contributed by atoms with Crippen LogP contribution in [0.4, 0.5) is 0 Å². The first kappa shape index (κ1) is 36.6. The number of rotatable bonds is 6. The Balaban J connectivity index is 2.40. The zero-order valence-corrected chi connectivity index (χ0v) is 27.7. The maximum absolute atomic E-state index is 14.0. The highest BCUT2D eigenvalue weighted by Crippen LogP contribution is 2.48. The highest BCUT2D eigenvalue weighted by Gasteiger charge is 2.61. The zero-order valence-electron chi connectivity index (χ0n) is 27.7. The third-order valence-corrected chi connectivity index (χ3v) is 8.73. The summed E-state index contributed by atoms with van der Waals surface area (Å²) in [5, 5.41) is 23.6. The van der Waals surface area contributed by atoms with Crippen molar-refractivity contribution in [3.8, 4) is 0 Å². The van der Waals surface area contributed by atoms with E-state index in [-0.39, 0.29) is 17.6 Å². The number of hydrogen-bond donors (Lipinski definition) is 2. The lowest BCUT2D eigenvalue weighted by Crippen LogP contribution is -2.57. The number of Topliss-reactive ketones (excluding diaryl/α,β-unsaturated/α-hetero) is 1. The minimum absolute atomic E-state index is 0.122. The summed E-state index contributed by atoms with van der Waals surface area (Å²) in [7, 11) is 0. The van der Waals surface area contributed by atoms with Gasteiger partial charge in [0, 0.05) is 30.8 Å². The van der Waals surface area contributed by atoms with Crippen molar-refractivity contribution in [3.63, 3.8) is 0 Å². The highest BCUT2D eigenvalue weighted by atomic mass is 16.6. The average molecular weight is 643 g/mol. The first-order chi connectivity index (χ1) is 21.3. The summed E-state index contributed by atoms with van der Waals surface area (Å²) in [6.07, 6.45) is -4.56. The van der Waals surface area contributed by atoms with Gasteiger partial charge in [0.15, 0.2) is 24.1 Å². The Bertz CT molecular complexity index is 1360. The standard InChI is InChI=1S/C35H46O11/c1-18(2)32(40)45-27-21(5)28(46-33(41)24-13-11-10-12-14-24)29(43-22(6)36)31(44-23(7)37)34(8,9)16-15-19(3)30(39)35(42)17-20(4)26(38)25(27)35/h10-16,18-20,25-29,31,38,42H,5,17H2,1-4,6-9H3/b16-15+/t19-,20-,25+,26-,27-,28-,29+,31+,35+/m0/s1. The van der Waals surface area contributed by atoms with Gasteiger partial charge in [0.2, 0.25) is 0 Å². The van der Waals surface area contributed by atoms with Crippen LogP contribution in [0.25, 0.3) is 0 Å². The normalized spacial score (nSPS) is 33.5. The van der Waals surface area contributed by atoms with Crippen molar-refractivity contribution in [1.29, 1.82) is 0 Å². The van der Waals surface area contributed by atoms with Gasteiger partial charge in [-0.15, -0.1) is 0 Å². The van der Waals surface area contributed by atoms with E-state index < -0.39 is 94.9 Å². The molecular weight excluding hydrogens is 596 g/mol. The van der Waals surface area contributed by atoms with Crippen molar-refractivity contribution in [1.82, 2.24) is 0 Å². The van der Waals surface area contributed by atoms with E-state index in [4.69, 9.17) is 18.9 Å². The van der Waals surface area contributed by atoms with Crippen molar-refractivity contribution in [2.45, 2.75) is 97.9 Å². The van der Waals surface area contributed by atoms with Gasteiger partial charge < -0.3 is 29.2 Å². The zero-order chi connectivity index (χ0) is 34.7. The molecule has 1 fully saturated rings. The van der Waals surface area contributed by atoms with Crippen LogP contribution in [0, 0.1) is 29.1 Å². The van der Waals surface area contributed by atoms with Gasteiger partial charge in [-0.05, 0) is 24.5 Å². The van der Waals surface area contributed by atoms with E-state index in [0.29, 0.717) is 0 Å². The van der Waals surface area contributed by atoms with E-state index in [1.165, 1.54) is 18.2 Å². The molecule has 0 unspecified atom stereocenters. The Morgan fingerprint density at radius 3 is 2.07 bits per heavy atom. The van der Waals surface area contributed by atoms with Crippen molar-refractivity contribution >= 4 is 29.7 Å². The van der Waals surface area contributed by atoms with Crippen molar-refractivity contribution < 1.29 is 53.1 Å². The second-order valence-corrected chi connectivity index (χ2v) is 13.3. The average Bonchev–Trinajstić information content (AvgIpc) is 3.21. The maximum atomic E-state index is 14.0. The smallest absolute Gasteiger partial charge is 0.338 e. The van der Waals surface area contributed by atoms with Gasteiger partial charge in [0.1, 0.15) is 11.7 Å². The molecule has 0 amide bonds. The molecule has 1 aromatic carbocycles. The molecular formula is C35H46O11. The van der Waals surface area contributed by atoms with Gasteiger partial charge in [-0.1, -0.05) is 78.5 Å². The van der Waals surface area contributed by atoms with Crippen LogP contribution in [-0.2, 0) is 38.1 Å². The van der Waals surface area contributed by atoms with E-state index in [1.54, 1.807) is 65.8 Å². The van der Waals surface area contributed by atoms with Crippen LogP contribution >= 0.6 is 0 Å². The summed E-state index contributed by atoms with van der Waals surface area (Å²) >= 11 is 0. The van der Waals surface area contributed by atoms with Gasteiger partial charge in [-0.3, -0.25) is 19.2 Å². The SMILES string of the molecule is C=C1[C@H](OC(=O)c2ccccc2)[C@@H](OC(C)=O)[C@@H](OC(C)=O)C(C)(C)/C=C/[C@H](C)C(=O)[C@@]2(O)C[C@H](C)[C@H](O)[C@@H]2[C@H]1OC(=O)C(C)C. The van der Waals surface area contributed by atoms with Gasteiger partial charge in [-0.25, -0.2) is 4.79 Å². The number of carbonyl (C=O) groups excluding carboxylic acids is 5. The quantitative estimate of drug-likeness (QED) is 0.264. The van der Waals surface area contributed by atoms with Crippen molar-refractivity contribution in [2.24, 2.45) is 29.1 Å². The fourth-order valence-electron chi connectivity index (χ4n) is 6.26. The Hall–Kier alpha value is -3.83. The first-order valence-electron chi connectivity index (χ1n) is 15.5. The molecule has 9 atom stereocenters. The molecule has 0 saturated heterocycles. The van der Waals surface area contributed by atoms with E-state index in [9.17, 15) is 34.2 Å².